The Morgan fingerprint density at radius 1 is 0.372 bits per heavy atom. The van der Waals surface area contributed by atoms with E-state index >= 15 is 0 Å². The van der Waals surface area contributed by atoms with E-state index < -0.39 is 0 Å². The quantitative estimate of drug-likeness (QED) is 0.0199. The molecule has 12 aromatic carbocycles. The molecule has 0 saturated heterocycles. The molecule has 0 bridgehead atoms. The number of hydrogen-bond donors (Lipinski definition) is 7. The number of ether oxygens (including phenoxy) is 4. The lowest BCUT2D eigenvalue weighted by atomic mass is 9.93. The topological polar surface area (TPSA) is 219 Å². The predicted molar refractivity (Wildman–Crippen MR) is 563 cm³/mol. The molecule has 4 aromatic heterocycles. The van der Waals surface area contributed by atoms with Crippen molar-refractivity contribution in [2.24, 2.45) is 7.05 Å². The molecular formula is C115H116Cl5N9O8. The number of allylic oxidation sites excluding steroid dienone is 1. The van der Waals surface area contributed by atoms with Crippen LogP contribution in [0.1, 0.15) is 164 Å². The fourth-order valence-electron chi connectivity index (χ4n) is 17.7. The molecule has 0 atom stereocenters. The Bertz CT molecular complexity index is 6970. The van der Waals surface area contributed by atoms with Crippen LogP contribution >= 0.6 is 58.0 Å². The first-order valence-corrected chi connectivity index (χ1v) is 48.3. The van der Waals surface area contributed by atoms with Crippen molar-refractivity contribution in [1.82, 2.24) is 35.4 Å². The van der Waals surface area contributed by atoms with E-state index in [1.807, 2.05) is 299 Å². The van der Waals surface area contributed by atoms with Gasteiger partial charge in [0.2, 0.25) is 0 Å². The number of amides is 4. The Hall–Kier alpha value is -13.3. The third kappa shape index (κ3) is 25.3. The molecule has 22 heteroatoms. The highest BCUT2D eigenvalue weighted by Crippen LogP contribution is 2.47. The molecule has 16 aromatic rings. The fraction of sp³-hybridized carbons (Fsp3) is 0.243. The van der Waals surface area contributed by atoms with E-state index in [0.717, 1.165) is 256 Å². The van der Waals surface area contributed by atoms with Crippen molar-refractivity contribution >= 4 is 131 Å². The van der Waals surface area contributed by atoms with Crippen molar-refractivity contribution in [3.05, 3.63) is 397 Å². The molecule has 0 fully saturated rings. The van der Waals surface area contributed by atoms with Crippen molar-refractivity contribution in [2.75, 3.05) is 43.6 Å². The van der Waals surface area contributed by atoms with Crippen LogP contribution in [-0.2, 0) is 50.5 Å². The molecule has 7 N–H and O–H groups in total. The van der Waals surface area contributed by atoms with Gasteiger partial charge >= 0.3 is 0 Å². The Kier molecular flexibility index (Phi) is 34.2. The first kappa shape index (κ1) is 99.7. The third-order valence-electron chi connectivity index (χ3n) is 24.6. The van der Waals surface area contributed by atoms with Gasteiger partial charge in [0.05, 0.1) is 32.1 Å². The van der Waals surface area contributed by atoms with Crippen molar-refractivity contribution in [1.29, 1.82) is 0 Å². The number of aromatic amines is 3. The van der Waals surface area contributed by atoms with Crippen molar-refractivity contribution in [3.63, 3.8) is 0 Å². The number of rotatable bonds is 32. The summed E-state index contributed by atoms with van der Waals surface area (Å²) in [5.74, 6) is 2.89. The number of benzene rings is 12. The van der Waals surface area contributed by atoms with Gasteiger partial charge in [-0.1, -0.05) is 210 Å². The summed E-state index contributed by atoms with van der Waals surface area (Å²) >= 11 is 31.9. The molecule has 1 aliphatic carbocycles. The average molecular weight is 1930 g/mol. The van der Waals surface area contributed by atoms with Crippen LogP contribution < -0.4 is 40.2 Å². The number of anilines is 2. The van der Waals surface area contributed by atoms with Crippen LogP contribution in [0.15, 0.2) is 254 Å². The molecule has 4 heterocycles. The Morgan fingerprint density at radius 3 is 1.16 bits per heavy atom. The third-order valence-corrected chi connectivity index (χ3v) is 27.3. The maximum Gasteiger partial charge on any atom is 0.272 e. The van der Waals surface area contributed by atoms with E-state index in [1.54, 1.807) is 0 Å². The van der Waals surface area contributed by atoms with Gasteiger partial charge in [-0.15, -0.1) is 0 Å². The Labute approximate surface area is 827 Å². The minimum Gasteiger partial charge on any atom is -0.494 e. The summed E-state index contributed by atoms with van der Waals surface area (Å²) in [7, 11) is 1.94. The smallest absolute Gasteiger partial charge is 0.272 e. The zero-order chi connectivity index (χ0) is 96.9. The van der Waals surface area contributed by atoms with E-state index in [-0.39, 0.29) is 23.6 Å². The largest absolute Gasteiger partial charge is 0.494 e. The van der Waals surface area contributed by atoms with Gasteiger partial charge in [0.15, 0.2) is 0 Å². The molecule has 0 spiro atoms. The van der Waals surface area contributed by atoms with Gasteiger partial charge in [-0.25, -0.2) is 0 Å². The maximum atomic E-state index is 13.8. The number of aryl methyl sites for hydroxylation is 14. The highest BCUT2D eigenvalue weighted by molar-refractivity contribution is 6.34. The summed E-state index contributed by atoms with van der Waals surface area (Å²) in [6.07, 6.45) is 7.34. The van der Waals surface area contributed by atoms with Crippen LogP contribution in [0, 0.1) is 76.2 Å². The molecule has 0 unspecified atom stereocenters. The summed E-state index contributed by atoms with van der Waals surface area (Å²) in [5, 5.41) is 23.9. The highest BCUT2D eigenvalue weighted by atomic mass is 35.5. The van der Waals surface area contributed by atoms with E-state index in [9.17, 15) is 19.2 Å². The van der Waals surface area contributed by atoms with Gasteiger partial charge < -0.3 is 55.2 Å². The van der Waals surface area contributed by atoms with Crippen LogP contribution in [0.3, 0.4) is 0 Å². The SMILES string of the molecule is Cc1cc(OCCCc2c(C(=O)NCCc3ccccc3)[nH]c3ccccc23)cc(C)c1Cl.Cc1cc(OCCCc2c(C(=O)NCc3ccccc3)[nH]c3ccccc23)cc(C)c1Cl.Cc1cc(OCCCc2c(C(=O)Nc3ccccc3)[nH]c3ccccc23)cc(C)c1Cl.Cc1cccc(NC(=O)C2=C(CCCOc3cc(C)c(Cl)c(C)c3)c3ccc(Cl)c(-c4c(C)nn(C)c4C)c3C2)c1. The van der Waals surface area contributed by atoms with Crippen LogP contribution in [0.5, 0.6) is 23.0 Å². The lowest BCUT2D eigenvalue weighted by molar-refractivity contribution is -0.112. The fourth-order valence-corrected chi connectivity index (χ4v) is 18.4. The minimum absolute atomic E-state index is 0.0676. The zero-order valence-electron chi connectivity index (χ0n) is 79.5. The molecule has 1 aliphatic rings. The number of fused-ring (bicyclic) bond motifs is 4. The molecule has 17 rings (SSSR count). The van der Waals surface area contributed by atoms with Crippen molar-refractivity contribution < 1.29 is 38.1 Å². The minimum atomic E-state index is -0.137. The standard InChI is InChI=1S/C34H35Cl2N3O2.C28H29ClN2O2.C27H27ClN2O2.C26H25ClN2O2/c1-19-9-7-10-24(15-19)37-34(40)29-18-28-27(12-13-30(35)32(28)31-22(4)38-39(6)23(31)5)26(29)11-8-14-41-25-16-20(2)33(36)21(3)17-25;1-19-17-22(18-20(2)26(19)29)33-16-8-12-24-23-11-6-7-13-25(23)31-27(24)28(32)30-15-14-21-9-4-3-5-10-21;1-18-15-21(16-19(2)25(18)28)32-14-8-12-23-22-11-6-7-13-24(22)30-26(23)27(31)29-17-20-9-4-3-5-10-20;1-17-15-20(16-18(2)24(17)27)31-14-8-12-22-21-11-6-7-13-23(21)29-25(22)26(30)28-19-9-4-3-5-10-19/h7,9-10,12-13,15-17H,8,11,14,18H2,1-6H3,(H,37,40);3-7,9-11,13,17-18,31H,8,12,14-16H2,1-2H3,(H,30,32);3-7,9-11,13,15-16,30H,8,12,14,17H2,1-2H3,(H,29,31);3-7,9-11,13,15-16,29H,8,12,14H2,1-2H3,(H,28,30). The van der Waals surface area contributed by atoms with Gasteiger partial charge in [0.25, 0.3) is 23.6 Å². The summed E-state index contributed by atoms with van der Waals surface area (Å²) in [4.78, 5) is 62.7. The number of aromatic nitrogens is 5. The molecule has 0 aliphatic heterocycles. The highest BCUT2D eigenvalue weighted by Gasteiger charge is 2.32. The van der Waals surface area contributed by atoms with Gasteiger partial charge in [-0.2, -0.15) is 5.10 Å². The van der Waals surface area contributed by atoms with Crippen LogP contribution in [0.25, 0.3) is 49.4 Å². The number of para-hydroxylation sites is 4. The van der Waals surface area contributed by atoms with Gasteiger partial charge in [-0.05, 0) is 326 Å². The van der Waals surface area contributed by atoms with E-state index in [1.165, 1.54) is 5.56 Å². The molecule has 0 radical (unpaired) electrons. The number of carbonyl (C=O) groups excluding carboxylic acids is 4. The number of H-pyrrole nitrogens is 3. The second-order valence-corrected chi connectivity index (χ2v) is 36.8. The zero-order valence-corrected chi connectivity index (χ0v) is 83.3. The van der Waals surface area contributed by atoms with Gasteiger partial charge in [-0.3, -0.25) is 23.9 Å². The molecule has 17 nitrogen and oxygen atoms in total. The first-order valence-electron chi connectivity index (χ1n) is 46.4. The summed E-state index contributed by atoms with van der Waals surface area (Å²) < 4.78 is 25.9. The lowest BCUT2D eigenvalue weighted by Crippen LogP contribution is -2.27. The van der Waals surface area contributed by atoms with Gasteiger partial charge in [0.1, 0.15) is 40.1 Å². The normalized spacial score (nSPS) is 11.5. The van der Waals surface area contributed by atoms with Crippen molar-refractivity contribution in [3.8, 4) is 34.1 Å². The van der Waals surface area contributed by atoms with E-state index in [2.05, 4.69) is 78.6 Å². The Morgan fingerprint density at radius 2 is 0.745 bits per heavy atom. The summed E-state index contributed by atoms with van der Waals surface area (Å²) in [5.41, 5.74) is 28.7. The number of nitrogens with zero attached hydrogens (tertiary/aromatic N) is 2. The second-order valence-electron chi connectivity index (χ2n) is 34.9. The van der Waals surface area contributed by atoms with Crippen molar-refractivity contribution in [2.45, 2.75) is 147 Å². The van der Waals surface area contributed by atoms with Crippen LogP contribution in [-0.4, -0.2) is 81.3 Å². The van der Waals surface area contributed by atoms with Crippen LogP contribution in [0.4, 0.5) is 11.4 Å². The molecule has 0 saturated carbocycles. The number of halogens is 5. The molecule has 704 valence electrons. The second kappa shape index (κ2) is 47.0. The summed E-state index contributed by atoms with van der Waals surface area (Å²) in [6, 6.07) is 81.2. The number of carbonyl (C=O) groups is 4. The monoisotopic (exact) mass is 1930 g/mol. The predicted octanol–water partition coefficient (Wildman–Crippen LogP) is 28.2. The average Bonchev–Trinajstić information content (AvgIpc) is 1.59. The number of hydrogen-bond acceptors (Lipinski definition) is 9. The Balaban J connectivity index is 0.000000147. The van der Waals surface area contributed by atoms with Crippen LogP contribution in [0.2, 0.25) is 25.1 Å². The summed E-state index contributed by atoms with van der Waals surface area (Å²) in [6.45, 7) is 25.2. The van der Waals surface area contributed by atoms with E-state index in [0.29, 0.717) is 74.5 Å². The van der Waals surface area contributed by atoms with Gasteiger partial charge in [0, 0.05) is 118 Å². The molecule has 4 amide bonds. The molecule has 137 heavy (non-hydrogen) atoms. The maximum absolute atomic E-state index is 13.8. The lowest BCUT2D eigenvalue weighted by Gasteiger charge is -2.14. The van der Waals surface area contributed by atoms with E-state index in [4.69, 9.17) is 77.0 Å². The first-order chi connectivity index (χ1) is 66.1. The molecular weight excluding hydrogens is 1810 g/mol. The number of nitrogens with one attached hydrogen (secondary N) is 7.